The second-order valence-corrected chi connectivity index (χ2v) is 7.86. The zero-order valence-corrected chi connectivity index (χ0v) is 17.3. The molecule has 4 rings (SSSR count). The third-order valence-corrected chi connectivity index (χ3v) is 6.55. The minimum atomic E-state index is 0. The maximum Gasteiger partial charge on any atom is 0.193 e. The molecule has 6 heteroatoms. The van der Waals surface area contributed by atoms with Crippen LogP contribution < -0.4 is 5.32 Å². The van der Waals surface area contributed by atoms with Gasteiger partial charge in [0.05, 0.1) is 12.7 Å². The van der Waals surface area contributed by atoms with Gasteiger partial charge in [0.25, 0.3) is 0 Å². The van der Waals surface area contributed by atoms with E-state index in [9.17, 15) is 0 Å². The summed E-state index contributed by atoms with van der Waals surface area (Å²) in [5.41, 5.74) is 0.410. The van der Waals surface area contributed by atoms with Gasteiger partial charge in [0.1, 0.15) is 0 Å². The Morgan fingerprint density at radius 2 is 2.12 bits per heavy atom. The van der Waals surface area contributed by atoms with Gasteiger partial charge in [-0.15, -0.1) is 24.0 Å². The molecule has 24 heavy (non-hydrogen) atoms. The van der Waals surface area contributed by atoms with Gasteiger partial charge >= 0.3 is 0 Å². The van der Waals surface area contributed by atoms with E-state index >= 15 is 0 Å². The average Bonchev–Trinajstić information content (AvgIpc) is 3.12. The van der Waals surface area contributed by atoms with E-state index in [2.05, 4.69) is 24.2 Å². The molecule has 2 saturated heterocycles. The van der Waals surface area contributed by atoms with Crippen molar-refractivity contribution in [3.8, 4) is 0 Å². The largest absolute Gasteiger partial charge is 0.381 e. The maximum atomic E-state index is 6.04. The van der Waals surface area contributed by atoms with Crippen molar-refractivity contribution in [1.29, 1.82) is 0 Å². The fourth-order valence-corrected chi connectivity index (χ4v) is 5.22. The molecule has 138 valence electrons. The van der Waals surface area contributed by atoms with Crippen molar-refractivity contribution in [2.75, 3.05) is 40.0 Å². The Labute approximate surface area is 162 Å². The minimum absolute atomic E-state index is 0. The minimum Gasteiger partial charge on any atom is -0.381 e. The summed E-state index contributed by atoms with van der Waals surface area (Å²) in [5.74, 6) is 2.42. The molecule has 4 fully saturated rings. The van der Waals surface area contributed by atoms with Crippen LogP contribution in [0.5, 0.6) is 0 Å². The second kappa shape index (κ2) is 7.66. The summed E-state index contributed by atoms with van der Waals surface area (Å²) in [5, 5.41) is 3.85. The van der Waals surface area contributed by atoms with Gasteiger partial charge in [-0.3, -0.25) is 4.99 Å². The summed E-state index contributed by atoms with van der Waals surface area (Å²) >= 11 is 0. The van der Waals surface area contributed by atoms with Crippen LogP contribution in [0.25, 0.3) is 0 Å². The van der Waals surface area contributed by atoms with Crippen molar-refractivity contribution >= 4 is 29.9 Å². The number of rotatable bonds is 4. The highest BCUT2D eigenvalue weighted by Crippen LogP contribution is 2.62. The molecule has 2 saturated carbocycles. The lowest BCUT2D eigenvalue weighted by molar-refractivity contribution is -0.171. The first-order chi connectivity index (χ1) is 11.2. The van der Waals surface area contributed by atoms with Crippen LogP contribution in [0, 0.1) is 17.3 Å². The molecule has 0 radical (unpaired) electrons. The molecule has 0 bridgehead atoms. The molecule has 5 nitrogen and oxygen atoms in total. The predicted molar refractivity (Wildman–Crippen MR) is 106 cm³/mol. The number of ether oxygens (including phenoxy) is 2. The van der Waals surface area contributed by atoms with Crippen molar-refractivity contribution in [3.05, 3.63) is 0 Å². The van der Waals surface area contributed by atoms with Crippen LogP contribution in [0.3, 0.4) is 0 Å². The standard InChI is InChI=1S/C18H31N3O2.HI/c1-3-19-17(21(2)11-13-5-9-22-12-13)20-15-14-6-10-23-16(14)18(15)7-4-8-18;/h13-16H,3-12H2,1-2H3,(H,19,20);1H. The maximum absolute atomic E-state index is 6.04. The number of nitrogens with one attached hydrogen (secondary N) is 1. The van der Waals surface area contributed by atoms with Crippen molar-refractivity contribution < 1.29 is 9.47 Å². The van der Waals surface area contributed by atoms with Crippen molar-refractivity contribution in [1.82, 2.24) is 10.2 Å². The smallest absolute Gasteiger partial charge is 0.193 e. The van der Waals surface area contributed by atoms with Crippen LogP contribution in [0.2, 0.25) is 0 Å². The highest BCUT2D eigenvalue weighted by atomic mass is 127. The summed E-state index contributed by atoms with van der Waals surface area (Å²) in [6.45, 7) is 6.75. The van der Waals surface area contributed by atoms with Crippen LogP contribution in [0.4, 0.5) is 0 Å². The third-order valence-electron chi connectivity index (χ3n) is 6.55. The average molecular weight is 449 g/mol. The molecule has 0 aromatic heterocycles. The fraction of sp³-hybridized carbons (Fsp3) is 0.944. The lowest BCUT2D eigenvalue weighted by Gasteiger charge is -2.63. The van der Waals surface area contributed by atoms with E-state index in [0.717, 1.165) is 38.9 Å². The molecule has 2 aliphatic heterocycles. The first-order valence-corrected chi connectivity index (χ1v) is 9.46. The molecule has 1 spiro atoms. The number of aliphatic imine (C=N–C) groups is 1. The number of halogens is 1. The molecule has 0 aromatic rings. The van der Waals surface area contributed by atoms with Crippen LogP contribution in [0.1, 0.15) is 39.0 Å². The summed E-state index contributed by atoms with van der Waals surface area (Å²) in [7, 11) is 2.18. The van der Waals surface area contributed by atoms with E-state index in [-0.39, 0.29) is 24.0 Å². The Morgan fingerprint density at radius 1 is 1.29 bits per heavy atom. The Hall–Kier alpha value is -0.0800. The van der Waals surface area contributed by atoms with Gasteiger partial charge in [-0.1, -0.05) is 6.42 Å². The first kappa shape index (κ1) is 18.7. The van der Waals surface area contributed by atoms with E-state index < -0.39 is 0 Å². The fourth-order valence-electron chi connectivity index (χ4n) is 5.22. The monoisotopic (exact) mass is 449 g/mol. The van der Waals surface area contributed by atoms with E-state index in [1.165, 1.54) is 32.1 Å². The van der Waals surface area contributed by atoms with Gasteiger partial charge in [0, 0.05) is 56.6 Å². The molecule has 1 N–H and O–H groups in total. The zero-order valence-electron chi connectivity index (χ0n) is 15.0. The number of hydrogen-bond donors (Lipinski definition) is 1. The lowest BCUT2D eigenvalue weighted by Crippen LogP contribution is -2.72. The van der Waals surface area contributed by atoms with Crippen molar-refractivity contribution in [2.24, 2.45) is 22.2 Å². The lowest BCUT2D eigenvalue weighted by atomic mass is 9.46. The van der Waals surface area contributed by atoms with Gasteiger partial charge in [0.15, 0.2) is 5.96 Å². The summed E-state index contributed by atoms with van der Waals surface area (Å²) < 4.78 is 11.6. The molecular formula is C18H32IN3O2. The van der Waals surface area contributed by atoms with Gasteiger partial charge < -0.3 is 19.7 Å². The molecular weight excluding hydrogens is 417 g/mol. The van der Waals surface area contributed by atoms with Crippen LogP contribution in [-0.4, -0.2) is 63.0 Å². The predicted octanol–water partition coefficient (Wildman–Crippen LogP) is 2.50. The second-order valence-electron chi connectivity index (χ2n) is 7.86. The van der Waals surface area contributed by atoms with Crippen LogP contribution in [0.15, 0.2) is 4.99 Å². The van der Waals surface area contributed by atoms with Gasteiger partial charge in [-0.25, -0.2) is 0 Å². The molecule has 2 heterocycles. The molecule has 2 aliphatic carbocycles. The summed E-state index contributed by atoms with van der Waals surface area (Å²) in [6, 6.07) is 0.566. The van der Waals surface area contributed by atoms with Crippen LogP contribution >= 0.6 is 24.0 Å². The molecule has 4 unspecified atom stereocenters. The number of nitrogens with zero attached hydrogens (tertiary/aromatic N) is 2. The third kappa shape index (κ3) is 3.07. The van der Waals surface area contributed by atoms with E-state index in [4.69, 9.17) is 14.5 Å². The molecule has 4 aliphatic rings. The molecule has 0 aromatic carbocycles. The van der Waals surface area contributed by atoms with Gasteiger partial charge in [-0.2, -0.15) is 0 Å². The Balaban J connectivity index is 0.00000169. The summed E-state index contributed by atoms with van der Waals surface area (Å²) in [4.78, 5) is 7.09. The Morgan fingerprint density at radius 3 is 2.75 bits per heavy atom. The summed E-state index contributed by atoms with van der Waals surface area (Å²) in [6.07, 6.45) is 6.92. The van der Waals surface area contributed by atoms with E-state index in [1.807, 2.05) is 0 Å². The zero-order chi connectivity index (χ0) is 15.9. The first-order valence-electron chi connectivity index (χ1n) is 9.46. The van der Waals surface area contributed by atoms with E-state index in [1.54, 1.807) is 0 Å². The van der Waals surface area contributed by atoms with Crippen LogP contribution in [-0.2, 0) is 9.47 Å². The van der Waals surface area contributed by atoms with Crippen molar-refractivity contribution in [2.45, 2.75) is 51.2 Å². The van der Waals surface area contributed by atoms with E-state index in [0.29, 0.717) is 29.4 Å². The van der Waals surface area contributed by atoms with Gasteiger partial charge in [0.2, 0.25) is 0 Å². The normalized spacial score (nSPS) is 36.5. The molecule has 0 amide bonds. The number of guanidine groups is 1. The number of fused-ring (bicyclic) bond motifs is 2. The SMILES string of the molecule is CCN=C(NC1C2CCOC2C12CCC2)N(C)CC1CCOC1.I. The number of hydrogen-bond acceptors (Lipinski definition) is 3. The Bertz CT molecular complexity index is 463. The highest BCUT2D eigenvalue weighted by Gasteiger charge is 2.66. The van der Waals surface area contributed by atoms with Crippen molar-refractivity contribution in [3.63, 3.8) is 0 Å². The Kier molecular flexibility index (Phi) is 5.97. The highest BCUT2D eigenvalue weighted by molar-refractivity contribution is 14.0. The molecule has 4 atom stereocenters. The van der Waals surface area contributed by atoms with Gasteiger partial charge in [-0.05, 0) is 32.6 Å². The topological polar surface area (TPSA) is 46.1 Å². The quantitative estimate of drug-likeness (QED) is 0.407.